The smallest absolute Gasteiger partial charge is 0.227 e. The molecule has 23 heavy (non-hydrogen) atoms. The van der Waals surface area contributed by atoms with Crippen LogP contribution in [0.4, 0.5) is 5.69 Å². The van der Waals surface area contributed by atoms with Gasteiger partial charge in [-0.05, 0) is 42.7 Å². The highest BCUT2D eigenvalue weighted by atomic mass is 32.1. The fraction of sp³-hybridized carbons (Fsp3) is 0.263. The molecule has 2 aromatic carbocycles. The van der Waals surface area contributed by atoms with Gasteiger partial charge in [0.05, 0.1) is 15.2 Å². The molecule has 1 heterocycles. The zero-order chi connectivity index (χ0) is 15.6. The van der Waals surface area contributed by atoms with E-state index in [1.807, 2.05) is 24.3 Å². The molecule has 0 saturated heterocycles. The number of amides is 1. The third-order valence-electron chi connectivity index (χ3n) is 4.39. The number of rotatable bonds is 4. The van der Waals surface area contributed by atoms with Crippen LogP contribution in [0.25, 0.3) is 10.2 Å². The lowest BCUT2D eigenvalue weighted by atomic mass is 9.85. The molecule has 1 aliphatic carbocycles. The molecule has 0 unspecified atom stereocenters. The summed E-state index contributed by atoms with van der Waals surface area (Å²) in [6.45, 7) is 0. The van der Waals surface area contributed by atoms with E-state index in [4.69, 9.17) is 0 Å². The van der Waals surface area contributed by atoms with E-state index in [0.717, 1.165) is 35.5 Å². The maximum absolute atomic E-state index is 12.0. The highest BCUT2D eigenvalue weighted by Gasteiger charge is 2.24. The van der Waals surface area contributed by atoms with Crippen LogP contribution in [0, 0.1) is 5.92 Å². The molecule has 4 heteroatoms. The van der Waals surface area contributed by atoms with Crippen molar-refractivity contribution in [3.05, 3.63) is 59.1 Å². The minimum atomic E-state index is 0.162. The van der Waals surface area contributed by atoms with Crippen LogP contribution in [0.1, 0.15) is 29.8 Å². The normalized spacial score (nSPS) is 14.6. The predicted molar refractivity (Wildman–Crippen MR) is 94.8 cm³/mol. The van der Waals surface area contributed by atoms with Crippen molar-refractivity contribution in [2.75, 3.05) is 5.32 Å². The molecule has 0 bridgehead atoms. The summed E-state index contributed by atoms with van der Waals surface area (Å²) in [4.78, 5) is 16.6. The highest BCUT2D eigenvalue weighted by molar-refractivity contribution is 7.18. The van der Waals surface area contributed by atoms with Crippen LogP contribution in [-0.4, -0.2) is 10.9 Å². The summed E-state index contributed by atoms with van der Waals surface area (Å²) in [5.74, 6) is 0.382. The minimum Gasteiger partial charge on any atom is -0.326 e. The topological polar surface area (TPSA) is 42.0 Å². The van der Waals surface area contributed by atoms with Gasteiger partial charge in [0.2, 0.25) is 5.91 Å². The number of para-hydroxylation sites is 1. The van der Waals surface area contributed by atoms with Gasteiger partial charge < -0.3 is 5.32 Å². The average molecular weight is 322 g/mol. The van der Waals surface area contributed by atoms with E-state index in [-0.39, 0.29) is 11.8 Å². The summed E-state index contributed by atoms with van der Waals surface area (Å²) in [7, 11) is 0. The molecule has 1 saturated carbocycles. The molecule has 3 aromatic rings. The quantitative estimate of drug-likeness (QED) is 0.761. The molecule has 1 N–H and O–H groups in total. The first-order chi connectivity index (χ1) is 11.3. The van der Waals surface area contributed by atoms with Crippen LogP contribution in [0.15, 0.2) is 48.5 Å². The Morgan fingerprint density at radius 3 is 2.61 bits per heavy atom. The van der Waals surface area contributed by atoms with E-state index in [2.05, 4.69) is 34.6 Å². The van der Waals surface area contributed by atoms with E-state index in [0.29, 0.717) is 0 Å². The monoisotopic (exact) mass is 322 g/mol. The summed E-state index contributed by atoms with van der Waals surface area (Å²) in [5.41, 5.74) is 3.16. The lowest BCUT2D eigenvalue weighted by Crippen LogP contribution is -2.27. The van der Waals surface area contributed by atoms with Crippen molar-refractivity contribution in [1.82, 2.24) is 4.98 Å². The molecule has 0 aliphatic heterocycles. The zero-order valence-electron chi connectivity index (χ0n) is 12.8. The average Bonchev–Trinajstić information content (AvgIpc) is 2.89. The Hall–Kier alpha value is -2.20. The van der Waals surface area contributed by atoms with Crippen LogP contribution in [0.2, 0.25) is 0 Å². The van der Waals surface area contributed by atoms with Crippen molar-refractivity contribution in [3.8, 4) is 0 Å². The van der Waals surface area contributed by atoms with Crippen molar-refractivity contribution >= 4 is 33.1 Å². The molecule has 0 atom stereocenters. The molecule has 0 radical (unpaired) electrons. The molecular weight excluding hydrogens is 304 g/mol. The summed E-state index contributed by atoms with van der Waals surface area (Å²) in [5, 5.41) is 4.13. The number of nitrogens with one attached hydrogen (secondary N) is 1. The molecule has 3 nitrogen and oxygen atoms in total. The maximum Gasteiger partial charge on any atom is 0.227 e. The first kappa shape index (κ1) is 14.4. The van der Waals surface area contributed by atoms with E-state index in [9.17, 15) is 4.79 Å². The zero-order valence-corrected chi connectivity index (χ0v) is 13.6. The number of thiazole rings is 1. The number of aromatic nitrogens is 1. The Labute approximate surface area is 139 Å². The second-order valence-corrected chi connectivity index (χ2v) is 7.18. The summed E-state index contributed by atoms with van der Waals surface area (Å²) >= 11 is 1.74. The Morgan fingerprint density at radius 1 is 1.13 bits per heavy atom. The fourth-order valence-electron chi connectivity index (χ4n) is 2.79. The van der Waals surface area contributed by atoms with Crippen LogP contribution in [0.3, 0.4) is 0 Å². The van der Waals surface area contributed by atoms with Gasteiger partial charge in [-0.1, -0.05) is 30.7 Å². The van der Waals surface area contributed by atoms with Crippen molar-refractivity contribution in [1.29, 1.82) is 0 Å². The number of fused-ring (bicyclic) bond motifs is 1. The van der Waals surface area contributed by atoms with Gasteiger partial charge in [0.15, 0.2) is 0 Å². The van der Waals surface area contributed by atoms with Gasteiger partial charge >= 0.3 is 0 Å². The number of anilines is 1. The van der Waals surface area contributed by atoms with Gasteiger partial charge in [0.25, 0.3) is 0 Å². The molecule has 1 aliphatic rings. The third-order valence-corrected chi connectivity index (χ3v) is 5.43. The lowest BCUT2D eigenvalue weighted by molar-refractivity contribution is -0.122. The molecule has 1 fully saturated rings. The van der Waals surface area contributed by atoms with E-state index in [1.54, 1.807) is 11.3 Å². The largest absolute Gasteiger partial charge is 0.326 e. The van der Waals surface area contributed by atoms with Gasteiger partial charge in [-0.15, -0.1) is 11.3 Å². The Balaban J connectivity index is 1.44. The van der Waals surface area contributed by atoms with Crippen LogP contribution >= 0.6 is 11.3 Å². The number of carbonyl (C=O) groups is 1. The Morgan fingerprint density at radius 2 is 1.91 bits per heavy atom. The summed E-state index contributed by atoms with van der Waals surface area (Å²) in [6.07, 6.45) is 4.07. The number of hydrogen-bond donors (Lipinski definition) is 1. The number of benzene rings is 2. The van der Waals surface area contributed by atoms with Crippen LogP contribution < -0.4 is 5.32 Å². The second kappa shape index (κ2) is 6.13. The van der Waals surface area contributed by atoms with Crippen LogP contribution in [-0.2, 0) is 11.2 Å². The number of hydrogen-bond acceptors (Lipinski definition) is 3. The van der Waals surface area contributed by atoms with E-state index in [1.165, 1.54) is 16.7 Å². The van der Waals surface area contributed by atoms with Gasteiger partial charge in [-0.3, -0.25) is 4.79 Å². The van der Waals surface area contributed by atoms with Crippen LogP contribution in [0.5, 0.6) is 0 Å². The number of carbonyl (C=O) groups excluding carboxylic acids is 1. The second-order valence-electron chi connectivity index (χ2n) is 6.07. The lowest BCUT2D eigenvalue weighted by Gasteiger charge is -2.24. The van der Waals surface area contributed by atoms with Gasteiger partial charge in [0.1, 0.15) is 0 Å². The SMILES string of the molecule is O=C(Nc1ccc(Cc2nc3ccccc3s2)cc1)C1CCC1. The molecule has 1 aromatic heterocycles. The van der Waals surface area contributed by atoms with E-state index < -0.39 is 0 Å². The van der Waals surface area contributed by atoms with E-state index >= 15 is 0 Å². The van der Waals surface area contributed by atoms with Gasteiger partial charge in [-0.2, -0.15) is 0 Å². The third kappa shape index (κ3) is 3.13. The number of nitrogens with zero attached hydrogens (tertiary/aromatic N) is 1. The summed E-state index contributed by atoms with van der Waals surface area (Å²) in [6, 6.07) is 16.3. The maximum atomic E-state index is 12.0. The Bertz CT molecular complexity index is 801. The highest BCUT2D eigenvalue weighted by Crippen LogP contribution is 2.28. The summed E-state index contributed by atoms with van der Waals surface area (Å²) < 4.78 is 1.23. The molecule has 116 valence electrons. The Kier molecular flexibility index (Phi) is 3.83. The molecular formula is C19H18N2OS. The van der Waals surface area contributed by atoms with Crippen molar-refractivity contribution in [3.63, 3.8) is 0 Å². The van der Waals surface area contributed by atoms with Gasteiger partial charge in [-0.25, -0.2) is 4.98 Å². The predicted octanol–water partition coefficient (Wildman–Crippen LogP) is 4.63. The molecule has 4 rings (SSSR count). The first-order valence-electron chi connectivity index (χ1n) is 8.02. The fourth-order valence-corrected chi connectivity index (χ4v) is 3.79. The minimum absolute atomic E-state index is 0.162. The molecule has 0 spiro atoms. The first-order valence-corrected chi connectivity index (χ1v) is 8.84. The van der Waals surface area contributed by atoms with Crippen molar-refractivity contribution in [2.45, 2.75) is 25.7 Å². The molecule has 1 amide bonds. The van der Waals surface area contributed by atoms with Crippen molar-refractivity contribution in [2.24, 2.45) is 5.92 Å². The van der Waals surface area contributed by atoms with Crippen molar-refractivity contribution < 1.29 is 4.79 Å². The standard InChI is InChI=1S/C19H18N2OS/c22-19(14-4-3-5-14)20-15-10-8-13(9-11-15)12-18-21-16-6-1-2-7-17(16)23-18/h1-2,6-11,14H,3-5,12H2,(H,20,22). The van der Waals surface area contributed by atoms with Gasteiger partial charge in [0, 0.05) is 18.0 Å².